The monoisotopic (exact) mass is 817 g/mol. The molecular formula is C61H39NS. The summed E-state index contributed by atoms with van der Waals surface area (Å²) in [5, 5.41) is 2.65. The molecule has 11 aromatic rings. The Bertz CT molecular complexity index is 3570. The van der Waals surface area contributed by atoms with Crippen LogP contribution in [0.4, 0.5) is 17.1 Å². The minimum Gasteiger partial charge on any atom is -0.310 e. The minimum absolute atomic E-state index is 0.579. The van der Waals surface area contributed by atoms with Gasteiger partial charge in [0.1, 0.15) is 0 Å². The molecule has 0 fully saturated rings. The zero-order chi connectivity index (χ0) is 41.5. The molecule has 0 aliphatic heterocycles. The van der Waals surface area contributed by atoms with Gasteiger partial charge >= 0.3 is 0 Å². The molecule has 0 amide bonds. The SMILES string of the molecule is c1ccc(-c2ccc(N(c3ccc4c(c3)-c3ccccc3-c3ccccc3C43c4ccccc4-c4c3ccc3c4sc4ccccc43)c3ccccc3-c3ccccc3)cc2)cc1. The van der Waals surface area contributed by atoms with Gasteiger partial charge in [-0.2, -0.15) is 0 Å². The van der Waals surface area contributed by atoms with Crippen LogP contribution in [0.15, 0.2) is 237 Å². The number of benzene rings is 10. The number of anilines is 3. The van der Waals surface area contributed by atoms with Crippen molar-refractivity contribution in [2.75, 3.05) is 4.90 Å². The van der Waals surface area contributed by atoms with Crippen molar-refractivity contribution in [2.24, 2.45) is 0 Å². The molecule has 294 valence electrons. The first-order chi connectivity index (χ1) is 31.3. The van der Waals surface area contributed by atoms with E-state index in [-0.39, 0.29) is 0 Å². The van der Waals surface area contributed by atoms with Gasteiger partial charge in [-0.25, -0.2) is 0 Å². The van der Waals surface area contributed by atoms with Crippen molar-refractivity contribution in [1.29, 1.82) is 0 Å². The molecular weight excluding hydrogens is 779 g/mol. The summed E-state index contributed by atoms with van der Waals surface area (Å²) in [5.41, 5.74) is 20.5. The van der Waals surface area contributed by atoms with Crippen molar-refractivity contribution in [1.82, 2.24) is 0 Å². The summed E-state index contributed by atoms with van der Waals surface area (Å²) in [5.74, 6) is 0. The Hall–Kier alpha value is -7.78. The lowest BCUT2D eigenvalue weighted by atomic mass is 9.66. The van der Waals surface area contributed by atoms with Gasteiger partial charge in [0.05, 0.1) is 11.1 Å². The Morgan fingerprint density at radius 1 is 0.317 bits per heavy atom. The van der Waals surface area contributed by atoms with E-state index in [1.807, 2.05) is 11.3 Å². The summed E-state index contributed by atoms with van der Waals surface area (Å²) in [6.07, 6.45) is 0. The first kappa shape index (κ1) is 35.9. The van der Waals surface area contributed by atoms with E-state index in [1.165, 1.54) is 98.1 Å². The fraction of sp³-hybridized carbons (Fsp3) is 0.0164. The van der Waals surface area contributed by atoms with Gasteiger partial charge in [-0.15, -0.1) is 11.3 Å². The molecule has 1 aromatic heterocycles. The van der Waals surface area contributed by atoms with Gasteiger partial charge in [-0.1, -0.05) is 200 Å². The second-order valence-electron chi connectivity index (χ2n) is 16.7. The number of rotatable bonds is 5. The van der Waals surface area contributed by atoms with Crippen LogP contribution >= 0.6 is 11.3 Å². The predicted octanol–water partition coefficient (Wildman–Crippen LogP) is 16.9. The van der Waals surface area contributed by atoms with E-state index in [1.54, 1.807) is 0 Å². The number of hydrogen-bond donors (Lipinski definition) is 0. The molecule has 1 heterocycles. The molecule has 0 N–H and O–H groups in total. The van der Waals surface area contributed by atoms with Crippen LogP contribution in [0.5, 0.6) is 0 Å². The Morgan fingerprint density at radius 2 is 0.841 bits per heavy atom. The van der Waals surface area contributed by atoms with Crippen molar-refractivity contribution >= 4 is 48.6 Å². The van der Waals surface area contributed by atoms with E-state index in [2.05, 4.69) is 241 Å². The van der Waals surface area contributed by atoms with Crippen LogP contribution in [0.25, 0.3) is 75.8 Å². The highest BCUT2D eigenvalue weighted by Crippen LogP contribution is 2.63. The lowest BCUT2D eigenvalue weighted by molar-refractivity contribution is 0.776. The molecule has 2 heteroatoms. The molecule has 13 rings (SSSR count). The van der Waals surface area contributed by atoms with Crippen LogP contribution < -0.4 is 4.90 Å². The van der Waals surface area contributed by atoms with E-state index in [0.29, 0.717) is 0 Å². The van der Waals surface area contributed by atoms with Gasteiger partial charge in [0.25, 0.3) is 0 Å². The first-order valence-corrected chi connectivity index (χ1v) is 22.6. The van der Waals surface area contributed by atoms with E-state index in [0.717, 1.165) is 17.1 Å². The lowest BCUT2D eigenvalue weighted by Gasteiger charge is -2.36. The Morgan fingerprint density at radius 3 is 1.60 bits per heavy atom. The van der Waals surface area contributed by atoms with Gasteiger partial charge in [-0.3, -0.25) is 0 Å². The van der Waals surface area contributed by atoms with Crippen LogP contribution in [-0.4, -0.2) is 0 Å². The van der Waals surface area contributed by atoms with Crippen LogP contribution in [0.2, 0.25) is 0 Å². The average molecular weight is 818 g/mol. The molecule has 0 saturated carbocycles. The Kier molecular flexibility index (Phi) is 8.06. The van der Waals surface area contributed by atoms with Gasteiger partial charge in [0.15, 0.2) is 0 Å². The third-order valence-corrected chi connectivity index (χ3v) is 14.7. The molecule has 2 aliphatic rings. The number of thiophene rings is 1. The van der Waals surface area contributed by atoms with Crippen LogP contribution in [0.1, 0.15) is 22.3 Å². The van der Waals surface area contributed by atoms with Gasteiger partial charge in [0, 0.05) is 42.7 Å². The van der Waals surface area contributed by atoms with Crippen molar-refractivity contribution in [3.05, 3.63) is 259 Å². The summed E-state index contributed by atoms with van der Waals surface area (Å²) in [6.45, 7) is 0. The smallest absolute Gasteiger partial charge is 0.0726 e. The molecule has 0 saturated heterocycles. The fourth-order valence-electron chi connectivity index (χ4n) is 10.9. The van der Waals surface area contributed by atoms with Crippen molar-refractivity contribution in [2.45, 2.75) is 5.41 Å². The first-order valence-electron chi connectivity index (χ1n) is 21.8. The van der Waals surface area contributed by atoms with Gasteiger partial charge in [-0.05, 0) is 103 Å². The van der Waals surface area contributed by atoms with E-state index in [9.17, 15) is 0 Å². The zero-order valence-corrected chi connectivity index (χ0v) is 35.2. The molecule has 2 aliphatic carbocycles. The largest absolute Gasteiger partial charge is 0.310 e. The second-order valence-corrected chi connectivity index (χ2v) is 17.8. The molecule has 1 spiro atoms. The maximum absolute atomic E-state index is 2.48. The lowest BCUT2D eigenvalue weighted by Crippen LogP contribution is -2.29. The van der Waals surface area contributed by atoms with Gasteiger partial charge in [0.2, 0.25) is 0 Å². The Balaban J connectivity index is 1.11. The topological polar surface area (TPSA) is 3.24 Å². The summed E-state index contributed by atoms with van der Waals surface area (Å²) in [4.78, 5) is 2.46. The van der Waals surface area contributed by atoms with Crippen molar-refractivity contribution in [3.8, 4) is 55.6 Å². The number of fused-ring (bicyclic) bond motifs is 16. The Labute approximate surface area is 371 Å². The number of hydrogen-bond acceptors (Lipinski definition) is 2. The highest BCUT2D eigenvalue weighted by Gasteiger charge is 2.50. The maximum atomic E-state index is 2.48. The third-order valence-electron chi connectivity index (χ3n) is 13.5. The molecule has 1 nitrogen and oxygen atoms in total. The maximum Gasteiger partial charge on any atom is 0.0726 e. The molecule has 0 radical (unpaired) electrons. The summed E-state index contributed by atoms with van der Waals surface area (Å²) < 4.78 is 2.68. The minimum atomic E-state index is -0.579. The average Bonchev–Trinajstić information content (AvgIpc) is 3.86. The summed E-state index contributed by atoms with van der Waals surface area (Å²) >= 11 is 1.93. The highest BCUT2D eigenvalue weighted by atomic mass is 32.1. The van der Waals surface area contributed by atoms with E-state index >= 15 is 0 Å². The number of nitrogens with zero attached hydrogens (tertiary/aromatic N) is 1. The molecule has 0 bridgehead atoms. The van der Waals surface area contributed by atoms with Crippen LogP contribution in [0.3, 0.4) is 0 Å². The van der Waals surface area contributed by atoms with Crippen LogP contribution in [0, 0.1) is 0 Å². The van der Waals surface area contributed by atoms with Crippen molar-refractivity contribution in [3.63, 3.8) is 0 Å². The summed E-state index contributed by atoms with van der Waals surface area (Å²) in [6, 6.07) is 87.9. The molecule has 63 heavy (non-hydrogen) atoms. The third kappa shape index (κ3) is 5.29. The standard InChI is InChI=1S/C61H39NS/c1-3-17-40(18-4-1)41-31-33-43(34-32-41)62(57-29-15-11-21-45(57)42-19-5-2-6-20-42)44-35-37-55-52(39-44)47-23-8-7-22-46(47)48-24-9-13-27-53(48)61(55)54-28-14-10-26-51(54)59-56(61)38-36-50-49-25-12-16-30-58(49)63-60(50)59/h1-39H. The van der Waals surface area contributed by atoms with Gasteiger partial charge < -0.3 is 4.90 Å². The predicted molar refractivity (Wildman–Crippen MR) is 267 cm³/mol. The quantitative estimate of drug-likeness (QED) is 0.167. The number of para-hydroxylation sites is 1. The molecule has 1 atom stereocenters. The molecule has 10 aromatic carbocycles. The normalized spacial score (nSPS) is 14.4. The van der Waals surface area contributed by atoms with E-state index < -0.39 is 5.41 Å². The fourth-order valence-corrected chi connectivity index (χ4v) is 12.1. The zero-order valence-electron chi connectivity index (χ0n) is 34.4. The van der Waals surface area contributed by atoms with Crippen LogP contribution in [-0.2, 0) is 5.41 Å². The molecule has 1 unspecified atom stereocenters. The van der Waals surface area contributed by atoms with Crippen molar-refractivity contribution < 1.29 is 0 Å². The second kappa shape index (κ2) is 14.1. The summed E-state index contributed by atoms with van der Waals surface area (Å²) in [7, 11) is 0. The highest BCUT2D eigenvalue weighted by molar-refractivity contribution is 7.26. The van der Waals surface area contributed by atoms with E-state index in [4.69, 9.17) is 0 Å².